The molecule has 0 aliphatic carbocycles. The lowest BCUT2D eigenvalue weighted by Crippen LogP contribution is -2.27. The minimum Gasteiger partial charge on any atom is -0.352 e. The number of carbonyl (C=O) groups excluding carboxylic acids is 2. The summed E-state index contributed by atoms with van der Waals surface area (Å²) in [6.45, 7) is 2.69. The third kappa shape index (κ3) is 5.14. The Morgan fingerprint density at radius 1 is 0.913 bits per heavy atom. The molecule has 0 saturated carbocycles. The quantitative estimate of drug-likeness (QED) is 0.709. The average molecular weight is 311 g/mol. The molecule has 5 heteroatoms. The first-order chi connectivity index (χ1) is 11.2. The van der Waals surface area contributed by atoms with Crippen molar-refractivity contribution in [2.45, 2.75) is 19.8 Å². The summed E-state index contributed by atoms with van der Waals surface area (Å²) in [6, 6.07) is 15.7. The van der Waals surface area contributed by atoms with Crippen LogP contribution in [0.4, 0.5) is 16.2 Å². The smallest absolute Gasteiger partial charge is 0.323 e. The van der Waals surface area contributed by atoms with Crippen molar-refractivity contribution in [3.8, 4) is 0 Å². The summed E-state index contributed by atoms with van der Waals surface area (Å²) in [5.41, 5.74) is 1.62. The number of anilines is 2. The SMILES string of the molecule is CCCCNC(=O)c1ccccc1NC(=O)Nc1ccccc1. The van der Waals surface area contributed by atoms with Crippen molar-refractivity contribution < 1.29 is 9.59 Å². The molecule has 0 saturated heterocycles. The molecule has 0 fully saturated rings. The van der Waals surface area contributed by atoms with Gasteiger partial charge in [-0.3, -0.25) is 4.79 Å². The van der Waals surface area contributed by atoms with Crippen LogP contribution in [-0.2, 0) is 0 Å². The van der Waals surface area contributed by atoms with E-state index in [0.717, 1.165) is 12.8 Å². The molecule has 0 spiro atoms. The van der Waals surface area contributed by atoms with Crippen molar-refractivity contribution >= 4 is 23.3 Å². The van der Waals surface area contributed by atoms with Crippen LogP contribution in [0.3, 0.4) is 0 Å². The van der Waals surface area contributed by atoms with Gasteiger partial charge >= 0.3 is 6.03 Å². The molecule has 2 aromatic carbocycles. The van der Waals surface area contributed by atoms with Gasteiger partial charge in [-0.15, -0.1) is 0 Å². The van der Waals surface area contributed by atoms with Crippen LogP contribution in [0.5, 0.6) is 0 Å². The van der Waals surface area contributed by atoms with Gasteiger partial charge in [0.05, 0.1) is 11.3 Å². The Labute approximate surface area is 136 Å². The molecule has 23 heavy (non-hydrogen) atoms. The Hall–Kier alpha value is -2.82. The highest BCUT2D eigenvalue weighted by Crippen LogP contribution is 2.15. The summed E-state index contributed by atoms with van der Waals surface area (Å²) in [6.07, 6.45) is 1.94. The number of unbranched alkanes of at least 4 members (excludes halogenated alkanes) is 1. The maximum Gasteiger partial charge on any atom is 0.323 e. The zero-order valence-corrected chi connectivity index (χ0v) is 13.1. The largest absolute Gasteiger partial charge is 0.352 e. The summed E-state index contributed by atoms with van der Waals surface area (Å²) < 4.78 is 0. The lowest BCUT2D eigenvalue weighted by Gasteiger charge is -2.12. The molecule has 2 rings (SSSR count). The number of para-hydroxylation sites is 2. The number of carbonyl (C=O) groups is 2. The van der Waals surface area contributed by atoms with Crippen LogP contribution in [0.2, 0.25) is 0 Å². The van der Waals surface area contributed by atoms with Gasteiger partial charge in [-0.25, -0.2) is 4.79 Å². The van der Waals surface area contributed by atoms with E-state index in [1.807, 2.05) is 18.2 Å². The van der Waals surface area contributed by atoms with Gasteiger partial charge in [-0.05, 0) is 30.7 Å². The van der Waals surface area contributed by atoms with Crippen LogP contribution in [0.15, 0.2) is 54.6 Å². The fourth-order valence-electron chi connectivity index (χ4n) is 2.07. The first-order valence-corrected chi connectivity index (χ1v) is 7.71. The number of hydrogen-bond donors (Lipinski definition) is 3. The van der Waals surface area contributed by atoms with E-state index in [4.69, 9.17) is 0 Å². The number of urea groups is 1. The standard InChI is InChI=1S/C18H21N3O2/c1-2-3-13-19-17(22)15-11-7-8-12-16(15)21-18(23)20-14-9-5-4-6-10-14/h4-12H,2-3,13H2,1H3,(H,19,22)(H2,20,21,23). The van der Waals surface area contributed by atoms with E-state index in [1.165, 1.54) is 0 Å². The molecule has 5 nitrogen and oxygen atoms in total. The topological polar surface area (TPSA) is 70.2 Å². The Balaban J connectivity index is 2.02. The molecular formula is C18H21N3O2. The first-order valence-electron chi connectivity index (χ1n) is 7.71. The minimum atomic E-state index is -0.384. The van der Waals surface area contributed by atoms with Gasteiger partial charge in [0.25, 0.3) is 5.91 Å². The summed E-state index contributed by atoms with van der Waals surface area (Å²) in [5.74, 6) is -0.186. The van der Waals surface area contributed by atoms with Crippen molar-refractivity contribution in [1.29, 1.82) is 0 Å². The van der Waals surface area contributed by atoms with E-state index in [-0.39, 0.29) is 11.9 Å². The van der Waals surface area contributed by atoms with E-state index >= 15 is 0 Å². The van der Waals surface area contributed by atoms with E-state index in [0.29, 0.717) is 23.5 Å². The number of amides is 3. The maximum atomic E-state index is 12.2. The zero-order chi connectivity index (χ0) is 16.5. The molecule has 0 bridgehead atoms. The van der Waals surface area contributed by atoms with Crippen LogP contribution in [0.1, 0.15) is 30.1 Å². The Morgan fingerprint density at radius 2 is 1.61 bits per heavy atom. The monoisotopic (exact) mass is 311 g/mol. The molecule has 0 heterocycles. The van der Waals surface area contributed by atoms with E-state index in [2.05, 4.69) is 22.9 Å². The molecule has 2 aromatic rings. The fourth-order valence-corrected chi connectivity index (χ4v) is 2.07. The molecule has 3 N–H and O–H groups in total. The van der Waals surface area contributed by atoms with Crippen LogP contribution >= 0.6 is 0 Å². The summed E-state index contributed by atoms with van der Waals surface area (Å²) >= 11 is 0. The van der Waals surface area contributed by atoms with Crippen molar-refractivity contribution in [1.82, 2.24) is 5.32 Å². The molecule has 0 aliphatic rings. The normalized spacial score (nSPS) is 9.96. The highest BCUT2D eigenvalue weighted by atomic mass is 16.2. The summed E-state index contributed by atoms with van der Waals surface area (Å²) in [4.78, 5) is 24.3. The lowest BCUT2D eigenvalue weighted by molar-refractivity contribution is 0.0954. The zero-order valence-electron chi connectivity index (χ0n) is 13.1. The predicted octanol–water partition coefficient (Wildman–Crippen LogP) is 3.86. The van der Waals surface area contributed by atoms with Crippen LogP contribution in [0, 0.1) is 0 Å². The van der Waals surface area contributed by atoms with Gasteiger partial charge in [0.1, 0.15) is 0 Å². The average Bonchev–Trinajstić information content (AvgIpc) is 2.56. The van der Waals surface area contributed by atoms with Gasteiger partial charge in [-0.1, -0.05) is 43.7 Å². The van der Waals surface area contributed by atoms with Gasteiger partial charge in [0.2, 0.25) is 0 Å². The molecule has 0 aromatic heterocycles. The summed E-state index contributed by atoms with van der Waals surface area (Å²) in [5, 5.41) is 8.30. The van der Waals surface area contributed by atoms with Gasteiger partial charge < -0.3 is 16.0 Å². The van der Waals surface area contributed by atoms with Crippen LogP contribution in [0.25, 0.3) is 0 Å². The highest BCUT2D eigenvalue weighted by Gasteiger charge is 2.12. The Kier molecular flexibility index (Phi) is 6.17. The molecule has 120 valence electrons. The van der Waals surface area contributed by atoms with Crippen molar-refractivity contribution in [3.05, 3.63) is 60.2 Å². The predicted molar refractivity (Wildman–Crippen MR) is 92.8 cm³/mol. The second-order valence-corrected chi connectivity index (χ2v) is 5.10. The van der Waals surface area contributed by atoms with E-state index in [9.17, 15) is 9.59 Å². The maximum absolute atomic E-state index is 12.2. The minimum absolute atomic E-state index is 0.186. The van der Waals surface area contributed by atoms with Crippen molar-refractivity contribution in [2.24, 2.45) is 0 Å². The van der Waals surface area contributed by atoms with Gasteiger partial charge in [-0.2, -0.15) is 0 Å². The van der Waals surface area contributed by atoms with Crippen molar-refractivity contribution in [3.63, 3.8) is 0 Å². The third-order valence-electron chi connectivity index (χ3n) is 3.27. The molecule has 0 unspecified atom stereocenters. The molecule has 3 amide bonds. The summed E-state index contributed by atoms with van der Waals surface area (Å²) in [7, 11) is 0. The number of hydrogen-bond acceptors (Lipinski definition) is 2. The number of benzene rings is 2. The Morgan fingerprint density at radius 3 is 2.35 bits per heavy atom. The van der Waals surface area contributed by atoms with Gasteiger partial charge in [0.15, 0.2) is 0 Å². The highest BCUT2D eigenvalue weighted by molar-refractivity contribution is 6.06. The first kappa shape index (κ1) is 16.5. The van der Waals surface area contributed by atoms with Crippen LogP contribution < -0.4 is 16.0 Å². The van der Waals surface area contributed by atoms with E-state index < -0.39 is 0 Å². The van der Waals surface area contributed by atoms with Crippen molar-refractivity contribution in [2.75, 3.05) is 17.2 Å². The second-order valence-electron chi connectivity index (χ2n) is 5.10. The lowest BCUT2D eigenvalue weighted by atomic mass is 10.1. The third-order valence-corrected chi connectivity index (χ3v) is 3.27. The van der Waals surface area contributed by atoms with E-state index in [1.54, 1.807) is 36.4 Å². The Bertz CT molecular complexity index is 656. The number of nitrogens with one attached hydrogen (secondary N) is 3. The second kappa shape index (κ2) is 8.58. The fraction of sp³-hybridized carbons (Fsp3) is 0.222. The van der Waals surface area contributed by atoms with Crippen LogP contribution in [-0.4, -0.2) is 18.5 Å². The molecule has 0 radical (unpaired) electrons. The molecular weight excluding hydrogens is 290 g/mol. The number of rotatable bonds is 6. The van der Waals surface area contributed by atoms with Gasteiger partial charge in [0, 0.05) is 12.2 Å². The molecule has 0 atom stereocenters. The molecule has 0 aliphatic heterocycles.